The Labute approximate surface area is 179 Å². The van der Waals surface area contributed by atoms with Gasteiger partial charge in [-0.05, 0) is 29.1 Å². The maximum atomic E-state index is 12.2. The van der Waals surface area contributed by atoms with E-state index >= 15 is 0 Å². The van der Waals surface area contributed by atoms with Crippen LogP contribution in [0.1, 0.15) is 11.4 Å². The number of nitrogens with zero attached hydrogens (tertiary/aromatic N) is 5. The Kier molecular flexibility index (Phi) is 5.12. The van der Waals surface area contributed by atoms with Gasteiger partial charge in [-0.15, -0.1) is 21.5 Å². The van der Waals surface area contributed by atoms with Crippen LogP contribution in [0.15, 0.2) is 76.3 Å². The van der Waals surface area contributed by atoms with Gasteiger partial charge in [0, 0.05) is 18.0 Å². The van der Waals surface area contributed by atoms with Gasteiger partial charge in [0.1, 0.15) is 10.5 Å². The topological polar surface area (TPSA) is 89.4 Å². The summed E-state index contributed by atoms with van der Waals surface area (Å²) in [6, 6.07) is 15.9. The molecular weight excluding hydrogens is 416 g/mol. The highest BCUT2D eigenvalue weighted by molar-refractivity contribution is 7.98. The Morgan fingerprint density at radius 1 is 1.03 bits per heavy atom. The van der Waals surface area contributed by atoms with Crippen molar-refractivity contribution in [3.05, 3.63) is 88.0 Å². The van der Waals surface area contributed by atoms with Gasteiger partial charge in [0.15, 0.2) is 11.0 Å². The van der Waals surface area contributed by atoms with Crippen molar-refractivity contribution >= 4 is 33.3 Å². The van der Waals surface area contributed by atoms with E-state index < -0.39 is 0 Å². The first kappa shape index (κ1) is 18.7. The van der Waals surface area contributed by atoms with Crippen molar-refractivity contribution in [2.75, 3.05) is 0 Å². The zero-order valence-corrected chi connectivity index (χ0v) is 17.4. The largest absolute Gasteiger partial charge is 0.309 e. The number of aromatic amines is 1. The van der Waals surface area contributed by atoms with E-state index in [-0.39, 0.29) is 5.56 Å². The van der Waals surface area contributed by atoms with Gasteiger partial charge < -0.3 is 4.98 Å². The lowest BCUT2D eigenvalue weighted by atomic mass is 10.2. The van der Waals surface area contributed by atoms with E-state index in [9.17, 15) is 4.79 Å². The fraction of sp³-hybridized carbons (Fsp3) is 0.0952. The Balaban J connectivity index is 1.47. The van der Waals surface area contributed by atoms with Crippen molar-refractivity contribution in [2.24, 2.45) is 0 Å². The molecule has 5 aromatic rings. The van der Waals surface area contributed by atoms with Gasteiger partial charge in [0.25, 0.3) is 5.56 Å². The molecule has 1 N–H and O–H groups in total. The molecule has 9 heteroatoms. The third-order valence-electron chi connectivity index (χ3n) is 4.54. The Morgan fingerprint density at radius 2 is 1.87 bits per heavy atom. The van der Waals surface area contributed by atoms with Crippen molar-refractivity contribution in [2.45, 2.75) is 17.5 Å². The predicted molar refractivity (Wildman–Crippen MR) is 119 cm³/mol. The molecule has 0 aliphatic carbocycles. The third kappa shape index (κ3) is 3.77. The second-order valence-electron chi connectivity index (χ2n) is 6.55. The molecule has 4 heterocycles. The van der Waals surface area contributed by atoms with E-state index in [0.717, 1.165) is 27.6 Å². The summed E-state index contributed by atoms with van der Waals surface area (Å²) in [5.74, 6) is 1.89. The number of pyridine rings is 1. The molecule has 30 heavy (non-hydrogen) atoms. The van der Waals surface area contributed by atoms with Gasteiger partial charge >= 0.3 is 0 Å². The number of thiophene rings is 1. The highest BCUT2D eigenvalue weighted by Gasteiger charge is 2.16. The van der Waals surface area contributed by atoms with E-state index in [4.69, 9.17) is 0 Å². The lowest BCUT2D eigenvalue weighted by molar-refractivity contribution is 0.714. The van der Waals surface area contributed by atoms with Crippen molar-refractivity contribution in [3.8, 4) is 11.4 Å². The average Bonchev–Trinajstić information content (AvgIpc) is 3.41. The molecule has 0 amide bonds. The summed E-state index contributed by atoms with van der Waals surface area (Å²) in [5.41, 5.74) is 2.73. The summed E-state index contributed by atoms with van der Waals surface area (Å²) in [4.78, 5) is 23.8. The molecule has 0 saturated carbocycles. The fourth-order valence-corrected chi connectivity index (χ4v) is 4.67. The molecule has 0 unspecified atom stereocenters. The molecule has 0 aliphatic heterocycles. The van der Waals surface area contributed by atoms with Gasteiger partial charge in [-0.1, -0.05) is 42.1 Å². The van der Waals surface area contributed by atoms with Gasteiger partial charge in [0.05, 0.1) is 17.8 Å². The zero-order chi connectivity index (χ0) is 20.3. The number of H-pyrrole nitrogens is 1. The normalized spacial score (nSPS) is 11.2. The van der Waals surface area contributed by atoms with Crippen LogP contribution in [-0.4, -0.2) is 29.7 Å². The molecule has 0 fully saturated rings. The van der Waals surface area contributed by atoms with E-state index in [1.54, 1.807) is 12.4 Å². The number of benzene rings is 1. The molecule has 0 aliphatic rings. The quantitative estimate of drug-likeness (QED) is 0.408. The summed E-state index contributed by atoms with van der Waals surface area (Å²) < 4.78 is 2.73. The summed E-state index contributed by atoms with van der Waals surface area (Å²) in [6.45, 7) is 0.640. The highest BCUT2D eigenvalue weighted by atomic mass is 32.2. The van der Waals surface area contributed by atoms with Crippen LogP contribution < -0.4 is 5.56 Å². The van der Waals surface area contributed by atoms with Gasteiger partial charge in [0.2, 0.25) is 0 Å². The molecule has 0 radical (unpaired) electrons. The lowest BCUT2D eigenvalue weighted by Gasteiger charge is -2.10. The molecule has 0 atom stereocenters. The van der Waals surface area contributed by atoms with Crippen LogP contribution in [0.2, 0.25) is 0 Å². The second-order valence-corrected chi connectivity index (χ2v) is 8.41. The molecule has 0 saturated heterocycles. The second kappa shape index (κ2) is 8.21. The summed E-state index contributed by atoms with van der Waals surface area (Å²) in [5, 5.41) is 11.5. The Morgan fingerprint density at radius 3 is 2.70 bits per heavy atom. The van der Waals surface area contributed by atoms with Crippen LogP contribution in [0.25, 0.3) is 21.6 Å². The van der Waals surface area contributed by atoms with Crippen molar-refractivity contribution in [1.29, 1.82) is 0 Å². The number of hydrogen-bond donors (Lipinski definition) is 1. The number of fused-ring (bicyclic) bond motifs is 1. The lowest BCUT2D eigenvalue weighted by Crippen LogP contribution is -2.10. The van der Waals surface area contributed by atoms with E-state index in [0.29, 0.717) is 22.8 Å². The smallest absolute Gasteiger partial charge is 0.268 e. The Hall–Kier alpha value is -3.30. The van der Waals surface area contributed by atoms with Gasteiger partial charge in [-0.3, -0.25) is 14.3 Å². The molecule has 0 bridgehead atoms. The first-order chi connectivity index (χ1) is 14.8. The average molecular weight is 433 g/mol. The maximum Gasteiger partial charge on any atom is 0.268 e. The van der Waals surface area contributed by atoms with Crippen LogP contribution in [0, 0.1) is 0 Å². The number of thioether (sulfide) groups is 1. The summed E-state index contributed by atoms with van der Waals surface area (Å²) >= 11 is 2.90. The van der Waals surface area contributed by atoms with Crippen molar-refractivity contribution in [1.82, 2.24) is 29.7 Å². The minimum atomic E-state index is -0.103. The summed E-state index contributed by atoms with van der Waals surface area (Å²) in [6.07, 6.45) is 3.49. The van der Waals surface area contributed by atoms with Crippen molar-refractivity contribution in [3.63, 3.8) is 0 Å². The first-order valence-corrected chi connectivity index (χ1v) is 11.1. The predicted octanol–water partition coefficient (Wildman–Crippen LogP) is 3.98. The number of nitrogens with one attached hydrogen (secondary N) is 1. The number of hydrogen-bond acceptors (Lipinski definition) is 7. The van der Waals surface area contributed by atoms with E-state index in [1.165, 1.54) is 23.1 Å². The number of rotatable bonds is 6. The Bertz CT molecular complexity index is 1340. The van der Waals surface area contributed by atoms with Crippen LogP contribution in [0.4, 0.5) is 0 Å². The summed E-state index contributed by atoms with van der Waals surface area (Å²) in [7, 11) is 0. The van der Waals surface area contributed by atoms with Crippen molar-refractivity contribution < 1.29 is 0 Å². The molecule has 1 aromatic carbocycles. The van der Waals surface area contributed by atoms with Crippen LogP contribution >= 0.6 is 23.1 Å². The molecule has 5 rings (SSSR count). The first-order valence-electron chi connectivity index (χ1n) is 9.24. The monoisotopic (exact) mass is 432 g/mol. The highest BCUT2D eigenvalue weighted by Crippen LogP contribution is 2.27. The molecule has 7 nitrogen and oxygen atoms in total. The molecular formula is C21H16N6OS2. The number of aromatic nitrogens is 6. The SMILES string of the molecule is O=c1[nH]c(CSc2nnc(-c3ccncc3)n2Cc2ccccc2)nc2ccsc12. The van der Waals surface area contributed by atoms with Gasteiger partial charge in [-0.25, -0.2) is 4.98 Å². The van der Waals surface area contributed by atoms with Crippen LogP contribution in [0.5, 0.6) is 0 Å². The molecule has 0 spiro atoms. The molecule has 148 valence electrons. The van der Waals surface area contributed by atoms with E-state index in [1.807, 2.05) is 41.8 Å². The third-order valence-corrected chi connectivity index (χ3v) is 6.42. The standard InChI is InChI=1S/C21H16N6OS2/c28-20-18-16(8-11-29-18)23-17(24-20)13-30-21-26-25-19(15-6-9-22-10-7-15)27(21)12-14-4-2-1-3-5-14/h1-11H,12-13H2,(H,23,24,28). The minimum absolute atomic E-state index is 0.103. The van der Waals surface area contributed by atoms with E-state index in [2.05, 4.69) is 41.8 Å². The van der Waals surface area contributed by atoms with Crippen LogP contribution in [0.3, 0.4) is 0 Å². The van der Waals surface area contributed by atoms with Crippen LogP contribution in [-0.2, 0) is 12.3 Å². The fourth-order valence-electron chi connectivity index (χ4n) is 3.14. The van der Waals surface area contributed by atoms with Gasteiger partial charge in [-0.2, -0.15) is 0 Å². The zero-order valence-electron chi connectivity index (χ0n) is 15.7. The molecule has 4 aromatic heterocycles. The maximum absolute atomic E-state index is 12.2. The minimum Gasteiger partial charge on any atom is -0.309 e.